The Morgan fingerprint density at radius 1 is 1.03 bits per heavy atom. The van der Waals surface area contributed by atoms with E-state index in [1.807, 2.05) is 0 Å². The van der Waals surface area contributed by atoms with Crippen LogP contribution in [0.25, 0.3) is 0 Å². The van der Waals surface area contributed by atoms with Crippen LogP contribution in [0.4, 0.5) is 21.9 Å². The molecule has 2 amide bonds. The highest BCUT2D eigenvalue weighted by atomic mass is 16.6. The number of methoxy groups -OCH3 is 1. The summed E-state index contributed by atoms with van der Waals surface area (Å²) in [5, 5.41) is 16.2. The van der Waals surface area contributed by atoms with E-state index in [0.29, 0.717) is 5.69 Å². The Morgan fingerprint density at radius 2 is 1.67 bits per heavy atom. The fourth-order valence-electron chi connectivity index (χ4n) is 2.52. The smallest absolute Gasteiger partial charge is 0.412 e. The largest absolute Gasteiger partial charge is 0.496 e. The molecule has 2 aromatic rings. The van der Waals surface area contributed by atoms with Crippen LogP contribution in [0, 0.1) is 10.1 Å². The first-order chi connectivity index (χ1) is 15.4. The molecule has 0 bridgehead atoms. The molecule has 0 aromatic heterocycles. The second kappa shape index (κ2) is 10.4. The fourth-order valence-corrected chi connectivity index (χ4v) is 2.52. The number of amides is 2. The number of nitro benzene ring substituents is 1. The van der Waals surface area contributed by atoms with Gasteiger partial charge in [-0.3, -0.25) is 20.2 Å². The van der Waals surface area contributed by atoms with Crippen molar-refractivity contribution in [2.24, 2.45) is 0 Å². The van der Waals surface area contributed by atoms with E-state index >= 15 is 0 Å². The standard InChI is InChI=1S/C22H25N3O8/c1-13(19(26)24-17-11-10-16(31-5)12-18(17)25(29)30)32-20(27)14-6-8-15(9-7-14)23-21(28)33-22(2,3)4/h6-13H,1-5H3,(H,23,28)(H,24,26). The van der Waals surface area contributed by atoms with Crippen LogP contribution in [0.3, 0.4) is 0 Å². The lowest BCUT2D eigenvalue weighted by Crippen LogP contribution is -2.30. The molecule has 0 saturated heterocycles. The van der Waals surface area contributed by atoms with Crippen molar-refractivity contribution in [1.29, 1.82) is 0 Å². The van der Waals surface area contributed by atoms with Crippen molar-refractivity contribution in [2.75, 3.05) is 17.7 Å². The van der Waals surface area contributed by atoms with Gasteiger partial charge in [0.05, 0.1) is 23.7 Å². The van der Waals surface area contributed by atoms with Gasteiger partial charge in [0, 0.05) is 5.69 Å². The molecule has 0 heterocycles. The van der Waals surface area contributed by atoms with E-state index in [1.165, 1.54) is 56.5 Å². The molecule has 11 heteroatoms. The molecule has 0 aliphatic rings. The van der Waals surface area contributed by atoms with Crippen LogP contribution in [0.5, 0.6) is 5.75 Å². The number of hydrogen-bond acceptors (Lipinski definition) is 8. The summed E-state index contributed by atoms with van der Waals surface area (Å²) in [5.41, 5.74) is -0.546. The number of hydrogen-bond donors (Lipinski definition) is 2. The highest BCUT2D eigenvalue weighted by Gasteiger charge is 2.23. The lowest BCUT2D eigenvalue weighted by molar-refractivity contribution is -0.384. The van der Waals surface area contributed by atoms with Crippen molar-refractivity contribution < 1.29 is 33.5 Å². The van der Waals surface area contributed by atoms with Gasteiger partial charge in [-0.15, -0.1) is 0 Å². The molecule has 0 aliphatic carbocycles. The third-order valence-electron chi connectivity index (χ3n) is 4.08. The Labute approximate surface area is 190 Å². The summed E-state index contributed by atoms with van der Waals surface area (Å²) in [6.07, 6.45) is -1.88. The van der Waals surface area contributed by atoms with E-state index in [9.17, 15) is 24.5 Å². The lowest BCUT2D eigenvalue weighted by atomic mass is 10.2. The van der Waals surface area contributed by atoms with E-state index in [-0.39, 0.29) is 22.7 Å². The Balaban J connectivity index is 1.99. The Bertz CT molecular complexity index is 1040. The molecule has 0 aliphatic heterocycles. The van der Waals surface area contributed by atoms with Crippen LogP contribution in [-0.4, -0.2) is 41.7 Å². The third-order valence-corrected chi connectivity index (χ3v) is 4.08. The summed E-state index contributed by atoms with van der Waals surface area (Å²) >= 11 is 0. The number of carbonyl (C=O) groups is 3. The average Bonchev–Trinajstić information content (AvgIpc) is 2.72. The molecule has 0 spiro atoms. The van der Waals surface area contributed by atoms with E-state index in [4.69, 9.17) is 14.2 Å². The molecule has 2 aromatic carbocycles. The molecule has 1 atom stereocenters. The zero-order valence-corrected chi connectivity index (χ0v) is 18.8. The summed E-state index contributed by atoms with van der Waals surface area (Å²) in [6.45, 7) is 6.53. The van der Waals surface area contributed by atoms with Crippen LogP contribution < -0.4 is 15.4 Å². The molecule has 0 radical (unpaired) electrons. The molecule has 1 unspecified atom stereocenters. The quantitative estimate of drug-likeness (QED) is 0.357. The second-order valence-corrected chi connectivity index (χ2v) is 7.88. The van der Waals surface area contributed by atoms with Crippen molar-refractivity contribution in [3.8, 4) is 5.75 Å². The molecule has 0 saturated carbocycles. The predicted octanol–water partition coefficient (Wildman–Crippen LogP) is 4.13. The van der Waals surface area contributed by atoms with Gasteiger partial charge < -0.3 is 19.5 Å². The normalized spacial score (nSPS) is 11.7. The van der Waals surface area contributed by atoms with Crippen LogP contribution >= 0.6 is 0 Å². The van der Waals surface area contributed by atoms with Crippen LogP contribution in [0.2, 0.25) is 0 Å². The van der Waals surface area contributed by atoms with E-state index in [2.05, 4.69) is 10.6 Å². The monoisotopic (exact) mass is 459 g/mol. The van der Waals surface area contributed by atoms with Crippen LogP contribution in [0.1, 0.15) is 38.1 Å². The molecule has 11 nitrogen and oxygen atoms in total. The number of benzene rings is 2. The number of carbonyl (C=O) groups excluding carboxylic acids is 3. The minimum Gasteiger partial charge on any atom is -0.496 e. The Hall–Kier alpha value is -4.15. The highest BCUT2D eigenvalue weighted by molar-refractivity contribution is 5.99. The topological polar surface area (TPSA) is 146 Å². The maximum atomic E-state index is 12.4. The van der Waals surface area contributed by atoms with E-state index in [0.717, 1.165) is 0 Å². The predicted molar refractivity (Wildman–Crippen MR) is 119 cm³/mol. The SMILES string of the molecule is COc1ccc(NC(=O)C(C)OC(=O)c2ccc(NC(=O)OC(C)(C)C)cc2)c([N+](=O)[O-])c1. The Kier molecular flexibility index (Phi) is 7.95. The van der Waals surface area contributed by atoms with Gasteiger partial charge in [0.1, 0.15) is 17.0 Å². The first-order valence-corrected chi connectivity index (χ1v) is 9.84. The molecule has 176 valence electrons. The fraction of sp³-hybridized carbons (Fsp3) is 0.318. The van der Waals surface area contributed by atoms with Crippen molar-refractivity contribution in [3.05, 3.63) is 58.1 Å². The summed E-state index contributed by atoms with van der Waals surface area (Å²) < 4.78 is 15.2. The van der Waals surface area contributed by atoms with E-state index < -0.39 is 34.6 Å². The van der Waals surface area contributed by atoms with Crippen molar-refractivity contribution >= 4 is 35.0 Å². The number of nitrogens with one attached hydrogen (secondary N) is 2. The molecule has 2 N–H and O–H groups in total. The van der Waals surface area contributed by atoms with Crippen molar-refractivity contribution in [3.63, 3.8) is 0 Å². The van der Waals surface area contributed by atoms with Gasteiger partial charge in [-0.2, -0.15) is 0 Å². The highest BCUT2D eigenvalue weighted by Crippen LogP contribution is 2.29. The van der Waals surface area contributed by atoms with Gasteiger partial charge >= 0.3 is 12.1 Å². The molecule has 0 fully saturated rings. The summed E-state index contributed by atoms with van der Waals surface area (Å²) in [5.74, 6) is -1.28. The van der Waals surface area contributed by atoms with Gasteiger partial charge in [0.25, 0.3) is 11.6 Å². The number of ether oxygens (including phenoxy) is 3. The van der Waals surface area contributed by atoms with Crippen LogP contribution in [-0.2, 0) is 14.3 Å². The molecule has 33 heavy (non-hydrogen) atoms. The lowest BCUT2D eigenvalue weighted by Gasteiger charge is -2.19. The zero-order valence-electron chi connectivity index (χ0n) is 18.8. The maximum absolute atomic E-state index is 12.4. The summed E-state index contributed by atoms with van der Waals surface area (Å²) in [4.78, 5) is 47.1. The minimum absolute atomic E-state index is 0.0636. The number of esters is 1. The number of nitrogens with zero attached hydrogens (tertiary/aromatic N) is 1. The van der Waals surface area contributed by atoms with E-state index in [1.54, 1.807) is 20.8 Å². The number of rotatable bonds is 7. The first kappa shape index (κ1) is 25.1. The number of anilines is 2. The molecular formula is C22H25N3O8. The van der Waals surface area contributed by atoms with Crippen molar-refractivity contribution in [1.82, 2.24) is 0 Å². The molecule has 2 rings (SSSR count). The maximum Gasteiger partial charge on any atom is 0.412 e. The van der Waals surface area contributed by atoms with Gasteiger partial charge in [-0.25, -0.2) is 9.59 Å². The zero-order chi connectivity index (χ0) is 24.8. The third kappa shape index (κ3) is 7.49. The summed E-state index contributed by atoms with van der Waals surface area (Å²) in [6, 6.07) is 9.71. The van der Waals surface area contributed by atoms with Gasteiger partial charge in [-0.1, -0.05) is 0 Å². The minimum atomic E-state index is -1.24. The molecular weight excluding hydrogens is 434 g/mol. The van der Waals surface area contributed by atoms with Gasteiger partial charge in [0.15, 0.2) is 6.10 Å². The van der Waals surface area contributed by atoms with Crippen molar-refractivity contribution in [2.45, 2.75) is 39.4 Å². The van der Waals surface area contributed by atoms with Gasteiger partial charge in [-0.05, 0) is 64.1 Å². The summed E-state index contributed by atoms with van der Waals surface area (Å²) in [7, 11) is 1.36. The van der Waals surface area contributed by atoms with Gasteiger partial charge in [0.2, 0.25) is 0 Å². The second-order valence-electron chi connectivity index (χ2n) is 7.88. The first-order valence-electron chi connectivity index (χ1n) is 9.84. The Morgan fingerprint density at radius 3 is 2.21 bits per heavy atom. The number of nitro groups is 1. The average molecular weight is 459 g/mol. The van der Waals surface area contributed by atoms with Crippen LogP contribution in [0.15, 0.2) is 42.5 Å².